The van der Waals surface area contributed by atoms with Crippen LogP contribution in [-0.4, -0.2) is 21.7 Å². The first-order valence-corrected chi connectivity index (χ1v) is 6.65. The van der Waals surface area contributed by atoms with Gasteiger partial charge in [0.1, 0.15) is 0 Å². The van der Waals surface area contributed by atoms with Gasteiger partial charge in [0.2, 0.25) is 0 Å². The number of aliphatic imine (C=N–C) groups is 1. The van der Waals surface area contributed by atoms with Crippen LogP contribution < -0.4 is 0 Å². The summed E-state index contributed by atoms with van der Waals surface area (Å²) < 4.78 is 11.6. The van der Waals surface area contributed by atoms with E-state index in [4.69, 9.17) is 0 Å². The topological polar surface area (TPSA) is 29.4 Å². The van der Waals surface area contributed by atoms with Crippen LogP contribution in [0.4, 0.5) is 0 Å². The van der Waals surface area contributed by atoms with E-state index in [-0.39, 0.29) is 0 Å². The molecule has 0 aliphatic heterocycles. The lowest BCUT2D eigenvalue weighted by molar-refractivity contribution is 0.680. The normalized spacial score (nSPS) is 11.7. The van der Waals surface area contributed by atoms with Gasteiger partial charge in [-0.05, 0) is 24.2 Å². The highest BCUT2D eigenvalue weighted by atomic mass is 32.2. The minimum Gasteiger partial charge on any atom is -0.259 e. The number of rotatable bonds is 6. The van der Waals surface area contributed by atoms with Crippen molar-refractivity contribution in [3.05, 3.63) is 35.9 Å². The summed E-state index contributed by atoms with van der Waals surface area (Å²) in [5.74, 6) is 1.30. The molecule has 0 spiro atoms. The Morgan fingerprint density at radius 1 is 1.33 bits per heavy atom. The summed E-state index contributed by atoms with van der Waals surface area (Å²) in [6.45, 7) is 0.629. The predicted octanol–water partition coefficient (Wildman–Crippen LogP) is 2.43. The molecule has 0 bridgehead atoms. The Morgan fingerprint density at radius 3 is 2.73 bits per heavy atom. The number of benzene rings is 1. The molecule has 0 saturated carbocycles. The van der Waals surface area contributed by atoms with Crippen molar-refractivity contribution in [3.63, 3.8) is 0 Å². The molecular formula is C11H13NOS2. The monoisotopic (exact) mass is 239 g/mol. The van der Waals surface area contributed by atoms with Crippen LogP contribution in [0.2, 0.25) is 0 Å². The summed E-state index contributed by atoms with van der Waals surface area (Å²) in [5.41, 5.74) is 1.12. The summed E-state index contributed by atoms with van der Waals surface area (Å²) in [4.78, 5) is 3.78. The lowest BCUT2D eigenvalue weighted by Gasteiger charge is -2.00. The average Bonchev–Trinajstić information content (AvgIpc) is 2.26. The van der Waals surface area contributed by atoms with Gasteiger partial charge in [-0.2, -0.15) is 0 Å². The van der Waals surface area contributed by atoms with Crippen molar-refractivity contribution in [2.45, 2.75) is 12.2 Å². The quantitative estimate of drug-likeness (QED) is 0.433. The molecule has 2 nitrogen and oxygen atoms in total. The maximum absolute atomic E-state index is 11.6. The Hall–Kier alpha value is -0.830. The van der Waals surface area contributed by atoms with Crippen molar-refractivity contribution in [1.82, 2.24) is 0 Å². The van der Waals surface area contributed by atoms with E-state index in [0.29, 0.717) is 18.1 Å². The van der Waals surface area contributed by atoms with Gasteiger partial charge in [-0.3, -0.25) is 4.21 Å². The maximum Gasteiger partial charge on any atom is 0.0584 e. The minimum atomic E-state index is -0.796. The average molecular weight is 239 g/mol. The van der Waals surface area contributed by atoms with Crippen LogP contribution in [0.5, 0.6) is 0 Å². The van der Waals surface area contributed by atoms with Gasteiger partial charge in [0, 0.05) is 22.3 Å². The third kappa shape index (κ3) is 5.57. The number of thiocarbonyl (C=S) groups is 1. The van der Waals surface area contributed by atoms with E-state index in [9.17, 15) is 4.21 Å². The summed E-state index contributed by atoms with van der Waals surface area (Å²) in [7, 11) is -0.796. The molecule has 0 fully saturated rings. The van der Waals surface area contributed by atoms with Gasteiger partial charge in [-0.15, -0.1) is 0 Å². The molecule has 0 heterocycles. The fraction of sp³-hybridized carbons (Fsp3) is 0.364. The number of nitrogens with zero attached hydrogens (tertiary/aromatic N) is 1. The van der Waals surface area contributed by atoms with Crippen LogP contribution >= 0.6 is 12.2 Å². The molecule has 15 heavy (non-hydrogen) atoms. The second-order valence-corrected chi connectivity index (χ2v) is 4.86. The smallest absolute Gasteiger partial charge is 0.0584 e. The summed E-state index contributed by atoms with van der Waals surface area (Å²) in [5, 5.41) is 2.30. The van der Waals surface area contributed by atoms with E-state index < -0.39 is 10.8 Å². The minimum absolute atomic E-state index is 0.627. The number of hydrogen-bond acceptors (Lipinski definition) is 3. The molecule has 4 heteroatoms. The molecule has 1 aromatic carbocycles. The molecule has 1 rings (SSSR count). The summed E-state index contributed by atoms with van der Waals surface area (Å²) >= 11 is 4.44. The van der Waals surface area contributed by atoms with Gasteiger partial charge in [-0.25, -0.2) is 4.99 Å². The summed E-state index contributed by atoms with van der Waals surface area (Å²) in [6.07, 6.45) is 0.809. The van der Waals surface area contributed by atoms with Crippen LogP contribution in [0.15, 0.2) is 35.3 Å². The van der Waals surface area contributed by atoms with Gasteiger partial charge < -0.3 is 0 Å². The second-order valence-electron chi connectivity index (χ2n) is 3.10. The fourth-order valence-electron chi connectivity index (χ4n) is 1.18. The van der Waals surface area contributed by atoms with E-state index in [1.54, 1.807) is 0 Å². The molecule has 1 aromatic rings. The molecular weight excluding hydrogens is 226 g/mol. The van der Waals surface area contributed by atoms with Crippen molar-refractivity contribution in [3.8, 4) is 0 Å². The number of isothiocyanates is 1. The molecule has 0 radical (unpaired) electrons. The van der Waals surface area contributed by atoms with Gasteiger partial charge in [0.05, 0.1) is 11.7 Å². The van der Waals surface area contributed by atoms with E-state index in [2.05, 4.69) is 22.4 Å². The van der Waals surface area contributed by atoms with Gasteiger partial charge >= 0.3 is 0 Å². The maximum atomic E-state index is 11.6. The van der Waals surface area contributed by atoms with E-state index >= 15 is 0 Å². The van der Waals surface area contributed by atoms with Crippen LogP contribution in [0.3, 0.4) is 0 Å². The first kappa shape index (κ1) is 12.2. The molecule has 0 aliphatic carbocycles. The highest BCUT2D eigenvalue weighted by Gasteiger charge is 2.00. The Kier molecular flexibility index (Phi) is 6.09. The predicted molar refractivity (Wildman–Crippen MR) is 67.7 cm³/mol. The molecule has 0 aliphatic rings. The van der Waals surface area contributed by atoms with Crippen molar-refractivity contribution in [1.29, 1.82) is 0 Å². The first-order valence-electron chi connectivity index (χ1n) is 4.75. The highest BCUT2D eigenvalue weighted by molar-refractivity contribution is 7.84. The van der Waals surface area contributed by atoms with Crippen LogP contribution in [-0.2, 0) is 16.6 Å². The van der Waals surface area contributed by atoms with E-state index in [1.807, 2.05) is 30.3 Å². The Morgan fingerprint density at radius 2 is 2.07 bits per heavy atom. The lowest BCUT2D eigenvalue weighted by Crippen LogP contribution is -2.02. The largest absolute Gasteiger partial charge is 0.259 e. The van der Waals surface area contributed by atoms with Crippen LogP contribution in [0.25, 0.3) is 0 Å². The van der Waals surface area contributed by atoms with Gasteiger partial charge in [-0.1, -0.05) is 30.3 Å². The van der Waals surface area contributed by atoms with Gasteiger partial charge in [0.15, 0.2) is 0 Å². The van der Waals surface area contributed by atoms with Gasteiger partial charge in [0.25, 0.3) is 0 Å². The first-order chi connectivity index (χ1) is 7.33. The zero-order chi connectivity index (χ0) is 10.9. The van der Waals surface area contributed by atoms with E-state index in [1.165, 1.54) is 0 Å². The molecule has 0 amide bonds. The molecule has 0 N–H and O–H groups in total. The SMILES string of the molecule is O=[S@](CCCN=C=S)Cc1ccccc1. The standard InChI is InChI=1S/C11H13NOS2/c13-15(8-4-7-12-10-14)9-11-5-2-1-3-6-11/h1-3,5-6H,4,7-9H2/t15-/m1/s1. The van der Waals surface area contributed by atoms with Crippen molar-refractivity contribution >= 4 is 28.2 Å². The van der Waals surface area contributed by atoms with Crippen molar-refractivity contribution in [2.75, 3.05) is 12.3 Å². The second kappa shape index (κ2) is 7.46. The molecule has 80 valence electrons. The molecule has 0 aromatic heterocycles. The third-order valence-corrected chi connectivity index (χ3v) is 3.41. The molecule has 1 atom stereocenters. The number of hydrogen-bond donors (Lipinski definition) is 0. The van der Waals surface area contributed by atoms with Crippen molar-refractivity contribution in [2.24, 2.45) is 4.99 Å². The Balaban J connectivity index is 2.27. The molecule has 0 unspecified atom stereocenters. The fourth-order valence-corrected chi connectivity index (χ4v) is 2.43. The highest BCUT2D eigenvalue weighted by Crippen LogP contribution is 2.03. The van der Waals surface area contributed by atoms with Crippen LogP contribution in [0, 0.1) is 0 Å². The third-order valence-electron chi connectivity index (χ3n) is 1.88. The zero-order valence-corrected chi connectivity index (χ0v) is 10.0. The Bertz CT molecular complexity index is 358. The lowest BCUT2D eigenvalue weighted by atomic mass is 10.2. The van der Waals surface area contributed by atoms with E-state index in [0.717, 1.165) is 12.0 Å². The zero-order valence-electron chi connectivity index (χ0n) is 8.39. The van der Waals surface area contributed by atoms with Crippen LogP contribution in [0.1, 0.15) is 12.0 Å². The van der Waals surface area contributed by atoms with Crippen molar-refractivity contribution < 1.29 is 4.21 Å². The molecule has 0 saturated heterocycles. The Labute approximate surface area is 97.9 Å². The summed E-state index contributed by atoms with van der Waals surface area (Å²) in [6, 6.07) is 9.87.